The first-order chi connectivity index (χ1) is 14.5. The summed E-state index contributed by atoms with van der Waals surface area (Å²) in [5.41, 5.74) is -0.489. The quantitative estimate of drug-likeness (QED) is 0.637. The lowest BCUT2D eigenvalue weighted by Gasteiger charge is -2.18. The molecular weight excluding hydrogens is 393 g/mol. The van der Waals surface area contributed by atoms with Crippen molar-refractivity contribution in [1.29, 1.82) is 0 Å². The number of rotatable bonds is 5. The minimum atomic E-state index is -0.885. The number of aromatic nitrogens is 3. The Hall–Kier alpha value is -3.95. The minimum absolute atomic E-state index is 0.277. The van der Waals surface area contributed by atoms with Crippen molar-refractivity contribution in [2.45, 2.75) is 13.1 Å². The number of benzene rings is 2. The van der Waals surface area contributed by atoms with Gasteiger partial charge in [0.05, 0.1) is 7.11 Å². The molecule has 1 amide bonds. The zero-order valence-corrected chi connectivity index (χ0v) is 16.0. The van der Waals surface area contributed by atoms with Crippen LogP contribution in [0.2, 0.25) is 0 Å². The topological polar surface area (TPSA) is 98.5 Å². The standard InChI is InChI=1S/C20H18FN5O4/c1-30-16-8-6-15(7-9-16)24-10-11-25-18(28)19(29)26(23-20(24)25)12-17(27)22-14-4-2-13(21)3-5-14/h2-9H,10-12H2,1H3,(H,22,27). The van der Waals surface area contributed by atoms with Crippen molar-refractivity contribution in [2.24, 2.45) is 0 Å². The Balaban J connectivity index is 1.61. The van der Waals surface area contributed by atoms with E-state index in [1.54, 1.807) is 24.1 Å². The third kappa shape index (κ3) is 3.66. The Bertz CT molecular complexity index is 1200. The number of nitrogens with zero attached hydrogens (tertiary/aromatic N) is 4. The predicted octanol–water partition coefficient (Wildman–Crippen LogP) is 1.34. The van der Waals surface area contributed by atoms with Gasteiger partial charge in [-0.2, -0.15) is 0 Å². The van der Waals surface area contributed by atoms with Gasteiger partial charge in [0.25, 0.3) is 0 Å². The molecule has 154 valence electrons. The third-order valence-corrected chi connectivity index (χ3v) is 4.71. The van der Waals surface area contributed by atoms with E-state index >= 15 is 0 Å². The van der Waals surface area contributed by atoms with Gasteiger partial charge < -0.3 is 15.0 Å². The van der Waals surface area contributed by atoms with Crippen molar-refractivity contribution < 1.29 is 13.9 Å². The summed E-state index contributed by atoms with van der Waals surface area (Å²) >= 11 is 0. The second kappa shape index (κ2) is 7.82. The number of carbonyl (C=O) groups excluding carboxylic acids is 1. The number of hydrogen-bond acceptors (Lipinski definition) is 6. The molecule has 0 bridgehead atoms. The summed E-state index contributed by atoms with van der Waals surface area (Å²) in [4.78, 5) is 39.0. The van der Waals surface area contributed by atoms with E-state index in [4.69, 9.17) is 4.74 Å². The largest absolute Gasteiger partial charge is 0.497 e. The number of anilines is 3. The molecule has 1 aromatic heterocycles. The van der Waals surface area contributed by atoms with Crippen LogP contribution < -0.4 is 26.1 Å². The molecule has 0 saturated heterocycles. The van der Waals surface area contributed by atoms with Crippen molar-refractivity contribution >= 4 is 23.2 Å². The van der Waals surface area contributed by atoms with Crippen LogP contribution in [0.25, 0.3) is 0 Å². The Kier molecular flexibility index (Phi) is 5.05. The summed E-state index contributed by atoms with van der Waals surface area (Å²) in [6, 6.07) is 12.4. The third-order valence-electron chi connectivity index (χ3n) is 4.71. The first-order valence-electron chi connectivity index (χ1n) is 9.15. The van der Waals surface area contributed by atoms with Crippen LogP contribution >= 0.6 is 0 Å². The molecule has 1 aliphatic rings. The monoisotopic (exact) mass is 411 g/mol. The first kappa shape index (κ1) is 19.4. The fraction of sp³-hybridized carbons (Fsp3) is 0.200. The highest BCUT2D eigenvalue weighted by Crippen LogP contribution is 2.27. The van der Waals surface area contributed by atoms with Crippen LogP contribution in [0.1, 0.15) is 0 Å². The maximum atomic E-state index is 13.0. The molecule has 0 radical (unpaired) electrons. The van der Waals surface area contributed by atoms with Crippen LogP contribution in [0.3, 0.4) is 0 Å². The second-order valence-electron chi connectivity index (χ2n) is 6.62. The van der Waals surface area contributed by atoms with Gasteiger partial charge >= 0.3 is 11.1 Å². The van der Waals surface area contributed by atoms with E-state index < -0.39 is 29.4 Å². The van der Waals surface area contributed by atoms with Crippen molar-refractivity contribution in [3.63, 3.8) is 0 Å². The van der Waals surface area contributed by atoms with E-state index in [1.807, 2.05) is 12.1 Å². The van der Waals surface area contributed by atoms with E-state index in [0.29, 0.717) is 24.5 Å². The highest BCUT2D eigenvalue weighted by molar-refractivity contribution is 5.90. The van der Waals surface area contributed by atoms with Gasteiger partial charge in [0.15, 0.2) is 0 Å². The summed E-state index contributed by atoms with van der Waals surface area (Å²) in [7, 11) is 1.57. The molecule has 0 atom stereocenters. The smallest absolute Gasteiger partial charge is 0.333 e. The lowest BCUT2D eigenvalue weighted by Crippen LogP contribution is -2.44. The average molecular weight is 411 g/mol. The fourth-order valence-electron chi connectivity index (χ4n) is 3.21. The summed E-state index contributed by atoms with van der Waals surface area (Å²) in [5, 5.41) is 6.80. The van der Waals surface area contributed by atoms with Gasteiger partial charge in [0.1, 0.15) is 18.1 Å². The van der Waals surface area contributed by atoms with Crippen LogP contribution in [0.15, 0.2) is 58.1 Å². The summed E-state index contributed by atoms with van der Waals surface area (Å²) in [6.07, 6.45) is 0. The van der Waals surface area contributed by atoms with E-state index in [0.717, 1.165) is 10.4 Å². The molecule has 1 N–H and O–H groups in total. The molecule has 30 heavy (non-hydrogen) atoms. The molecule has 2 aromatic carbocycles. The van der Waals surface area contributed by atoms with E-state index in [1.165, 1.54) is 28.8 Å². The van der Waals surface area contributed by atoms with Gasteiger partial charge in [-0.25, -0.2) is 9.07 Å². The number of nitrogens with one attached hydrogen (secondary N) is 1. The number of hydrogen-bond donors (Lipinski definition) is 1. The summed E-state index contributed by atoms with van der Waals surface area (Å²) in [6.45, 7) is 0.320. The van der Waals surface area contributed by atoms with E-state index in [2.05, 4.69) is 10.4 Å². The van der Waals surface area contributed by atoms with Gasteiger partial charge in [-0.3, -0.25) is 19.0 Å². The molecule has 0 spiro atoms. The van der Waals surface area contributed by atoms with Gasteiger partial charge in [0.2, 0.25) is 11.9 Å². The number of halogens is 1. The highest BCUT2D eigenvalue weighted by atomic mass is 19.1. The molecule has 4 rings (SSSR count). The Morgan fingerprint density at radius 1 is 1.07 bits per heavy atom. The fourth-order valence-corrected chi connectivity index (χ4v) is 3.21. The molecule has 10 heteroatoms. The number of carbonyl (C=O) groups is 1. The lowest BCUT2D eigenvalue weighted by atomic mass is 10.3. The summed E-state index contributed by atoms with van der Waals surface area (Å²) < 4.78 is 20.3. The van der Waals surface area contributed by atoms with Gasteiger partial charge in [-0.05, 0) is 48.5 Å². The molecule has 0 saturated carbocycles. The van der Waals surface area contributed by atoms with Gasteiger partial charge in [-0.1, -0.05) is 0 Å². The van der Waals surface area contributed by atoms with Crippen molar-refractivity contribution in [3.8, 4) is 5.75 Å². The lowest BCUT2D eigenvalue weighted by molar-refractivity contribution is -0.117. The predicted molar refractivity (Wildman–Crippen MR) is 108 cm³/mol. The molecule has 0 aliphatic carbocycles. The Morgan fingerprint density at radius 3 is 2.43 bits per heavy atom. The molecule has 1 aliphatic heterocycles. The normalized spacial score (nSPS) is 12.5. The van der Waals surface area contributed by atoms with Crippen LogP contribution in [-0.4, -0.2) is 33.9 Å². The SMILES string of the molecule is COc1ccc(N2CCn3c2nn(CC(=O)Nc2ccc(F)cc2)c(=O)c3=O)cc1. The van der Waals surface area contributed by atoms with Crippen molar-refractivity contribution in [1.82, 2.24) is 14.3 Å². The molecule has 3 aromatic rings. The first-order valence-corrected chi connectivity index (χ1v) is 9.15. The zero-order chi connectivity index (χ0) is 21.3. The molecule has 0 unspecified atom stereocenters. The Morgan fingerprint density at radius 2 is 1.77 bits per heavy atom. The second-order valence-corrected chi connectivity index (χ2v) is 6.62. The van der Waals surface area contributed by atoms with Gasteiger partial charge in [0, 0.05) is 24.5 Å². The van der Waals surface area contributed by atoms with Crippen molar-refractivity contribution in [3.05, 3.63) is 75.1 Å². The Labute approximate surface area is 169 Å². The molecule has 9 nitrogen and oxygen atoms in total. The molecule has 0 fully saturated rings. The zero-order valence-electron chi connectivity index (χ0n) is 16.0. The maximum Gasteiger partial charge on any atom is 0.333 e. The van der Waals surface area contributed by atoms with Crippen molar-refractivity contribution in [2.75, 3.05) is 23.9 Å². The maximum absolute atomic E-state index is 13.0. The number of amides is 1. The van der Waals surface area contributed by atoms with Crippen LogP contribution in [-0.2, 0) is 17.9 Å². The van der Waals surface area contributed by atoms with E-state index in [-0.39, 0.29) is 5.95 Å². The number of ether oxygens (including phenoxy) is 1. The average Bonchev–Trinajstić information content (AvgIpc) is 3.17. The minimum Gasteiger partial charge on any atom is -0.497 e. The summed E-state index contributed by atoms with van der Waals surface area (Å²) in [5.74, 6) is -0.0317. The molecular formula is C20H18FN5O4. The van der Waals surface area contributed by atoms with Crippen LogP contribution in [0, 0.1) is 5.82 Å². The van der Waals surface area contributed by atoms with Crippen LogP contribution in [0.4, 0.5) is 21.7 Å². The van der Waals surface area contributed by atoms with E-state index in [9.17, 15) is 18.8 Å². The van der Waals surface area contributed by atoms with Crippen LogP contribution in [0.5, 0.6) is 5.75 Å². The number of methoxy groups -OCH3 is 1. The number of fused-ring (bicyclic) bond motifs is 1. The molecule has 2 heterocycles. The van der Waals surface area contributed by atoms with Gasteiger partial charge in [-0.15, -0.1) is 5.10 Å². The highest BCUT2D eigenvalue weighted by Gasteiger charge is 2.26.